The number of aromatic hydroxyl groups is 1. The average molecular weight is 621 g/mol. The Balaban J connectivity index is 1.78. The molecule has 4 heterocycles. The molecule has 12 heteroatoms. The summed E-state index contributed by atoms with van der Waals surface area (Å²) in [5, 5.41) is 13.9. The number of phenolic OH excluding ortho intramolecular Hbond substituents is 1. The van der Waals surface area contributed by atoms with Crippen molar-refractivity contribution in [1.82, 2.24) is 19.4 Å². The Bertz CT molecular complexity index is 1910. The van der Waals surface area contributed by atoms with Crippen LogP contribution in [0, 0.1) is 18.6 Å². The molecule has 0 aliphatic carbocycles. The van der Waals surface area contributed by atoms with Crippen molar-refractivity contribution in [2.45, 2.75) is 45.7 Å². The molecule has 0 spiro atoms. The van der Waals surface area contributed by atoms with Crippen molar-refractivity contribution < 1.29 is 18.7 Å². The first-order chi connectivity index (χ1) is 21.0. The number of anilines is 2. The third-order valence-electron chi connectivity index (χ3n) is 8.39. The van der Waals surface area contributed by atoms with Gasteiger partial charge in [0, 0.05) is 37.4 Å². The van der Waals surface area contributed by atoms with Gasteiger partial charge in [-0.15, -0.1) is 0 Å². The highest BCUT2D eigenvalue weighted by Crippen LogP contribution is 2.47. The summed E-state index contributed by atoms with van der Waals surface area (Å²) in [6.07, 6.45) is 2.85. The summed E-state index contributed by atoms with van der Waals surface area (Å²) in [5.41, 5.74) is -0.428. The first-order valence-corrected chi connectivity index (χ1v) is 14.7. The number of amides is 1. The van der Waals surface area contributed by atoms with Gasteiger partial charge in [-0.3, -0.25) is 14.3 Å². The number of nitrogens with zero attached hydrogens (tertiary/aromatic N) is 5. The molecule has 2 aromatic heterocycles. The number of rotatable bonds is 4. The van der Waals surface area contributed by atoms with Crippen molar-refractivity contribution in [3.8, 4) is 22.6 Å². The first-order valence-electron chi connectivity index (χ1n) is 14.3. The van der Waals surface area contributed by atoms with Crippen LogP contribution < -0.4 is 15.9 Å². The van der Waals surface area contributed by atoms with Crippen molar-refractivity contribution in [2.24, 2.45) is 0 Å². The second-order valence-electron chi connectivity index (χ2n) is 11.5. The van der Waals surface area contributed by atoms with Crippen LogP contribution in [0.4, 0.5) is 20.3 Å². The van der Waals surface area contributed by atoms with Gasteiger partial charge in [0.1, 0.15) is 17.1 Å². The standard InChI is InChI=1S/C32H31ClF2N6O3/c1-6-21(43)39-13-17(5)40-18(14-39)12-37-28-24-30(26(35)23(25(28)34)22-19(33)8-7-9-20(22)42)41(32(44)38-31(24)40)29-16(4)10-11-36-27(29)15(2)3/h6-11,15,17-18,37,42H,1,12-14H2,2-5H3. The molecule has 6 rings (SSSR count). The Morgan fingerprint density at radius 2 is 1.95 bits per heavy atom. The summed E-state index contributed by atoms with van der Waals surface area (Å²) in [7, 11) is 0. The number of carbonyl (C=O) groups is 1. The zero-order valence-electron chi connectivity index (χ0n) is 24.7. The van der Waals surface area contributed by atoms with Crippen LogP contribution in [0.25, 0.3) is 27.7 Å². The number of halogens is 3. The van der Waals surface area contributed by atoms with Crippen LogP contribution >= 0.6 is 11.6 Å². The Kier molecular flexibility index (Phi) is 7.31. The first kappa shape index (κ1) is 29.6. The number of fused-ring (bicyclic) bond motifs is 2. The van der Waals surface area contributed by atoms with Crippen LogP contribution in [0.1, 0.15) is 37.9 Å². The summed E-state index contributed by atoms with van der Waals surface area (Å²) in [6, 6.07) is 5.09. The molecule has 2 aliphatic rings. The minimum atomic E-state index is -1.09. The highest BCUT2D eigenvalue weighted by molar-refractivity contribution is 6.33. The molecule has 1 saturated heterocycles. The summed E-state index contributed by atoms with van der Waals surface area (Å²) < 4.78 is 35.1. The number of benzene rings is 2. The molecule has 4 aromatic rings. The Morgan fingerprint density at radius 1 is 1.20 bits per heavy atom. The van der Waals surface area contributed by atoms with E-state index in [2.05, 4.69) is 21.9 Å². The fraction of sp³-hybridized carbons (Fsp3) is 0.312. The van der Waals surface area contributed by atoms with Gasteiger partial charge >= 0.3 is 5.69 Å². The Hall–Kier alpha value is -4.51. The second-order valence-corrected chi connectivity index (χ2v) is 12.0. The molecule has 9 nitrogen and oxygen atoms in total. The summed E-state index contributed by atoms with van der Waals surface area (Å²) in [5.74, 6) is -2.82. The fourth-order valence-corrected chi connectivity index (χ4v) is 6.74. The van der Waals surface area contributed by atoms with E-state index in [0.717, 1.165) is 4.57 Å². The van der Waals surface area contributed by atoms with Gasteiger partial charge in [-0.25, -0.2) is 13.6 Å². The lowest BCUT2D eigenvalue weighted by Gasteiger charge is -2.45. The van der Waals surface area contributed by atoms with E-state index in [1.54, 1.807) is 24.1 Å². The lowest BCUT2D eigenvalue weighted by atomic mass is 9.98. The van der Waals surface area contributed by atoms with Crippen LogP contribution in [0.3, 0.4) is 0 Å². The van der Waals surface area contributed by atoms with E-state index in [9.17, 15) is 14.7 Å². The number of phenols is 1. The number of pyridine rings is 1. The monoisotopic (exact) mass is 620 g/mol. The van der Waals surface area contributed by atoms with Gasteiger partial charge in [0.25, 0.3) is 0 Å². The summed E-state index contributed by atoms with van der Waals surface area (Å²) >= 11 is 6.43. The molecule has 0 saturated carbocycles. The molecule has 1 fully saturated rings. The fourth-order valence-electron chi connectivity index (χ4n) is 6.48. The van der Waals surface area contributed by atoms with Crippen LogP contribution in [0.2, 0.25) is 5.02 Å². The minimum Gasteiger partial charge on any atom is -0.507 e. The zero-order valence-corrected chi connectivity index (χ0v) is 25.4. The second kappa shape index (κ2) is 10.9. The van der Waals surface area contributed by atoms with E-state index in [0.29, 0.717) is 23.5 Å². The zero-order chi connectivity index (χ0) is 31.6. The smallest absolute Gasteiger partial charge is 0.354 e. The molecular formula is C32H31ClF2N6O3. The number of nitrogens with one attached hydrogen (secondary N) is 1. The maximum atomic E-state index is 17.2. The van der Waals surface area contributed by atoms with Gasteiger partial charge in [0.15, 0.2) is 11.6 Å². The van der Waals surface area contributed by atoms with E-state index in [4.69, 9.17) is 11.6 Å². The normalized spacial score (nSPS) is 17.8. The predicted molar refractivity (Wildman–Crippen MR) is 167 cm³/mol. The molecule has 44 heavy (non-hydrogen) atoms. The summed E-state index contributed by atoms with van der Waals surface area (Å²) in [4.78, 5) is 39.2. The molecule has 228 valence electrons. The summed E-state index contributed by atoms with van der Waals surface area (Å²) in [6.45, 7) is 11.7. The largest absolute Gasteiger partial charge is 0.507 e. The van der Waals surface area contributed by atoms with E-state index < -0.39 is 34.7 Å². The lowest BCUT2D eigenvalue weighted by molar-refractivity contribution is -0.127. The average Bonchev–Trinajstić information content (AvgIpc) is 3.14. The molecule has 2 aliphatic heterocycles. The maximum Gasteiger partial charge on any atom is 0.354 e. The topological polar surface area (TPSA) is 104 Å². The number of hydrogen-bond acceptors (Lipinski definition) is 7. The van der Waals surface area contributed by atoms with Crippen LogP contribution in [0.5, 0.6) is 5.75 Å². The lowest BCUT2D eigenvalue weighted by Crippen LogP contribution is -2.61. The van der Waals surface area contributed by atoms with Gasteiger partial charge < -0.3 is 20.2 Å². The number of hydrogen-bond donors (Lipinski definition) is 2. The van der Waals surface area contributed by atoms with Crippen molar-refractivity contribution >= 4 is 39.9 Å². The Labute approximate surface area is 257 Å². The van der Waals surface area contributed by atoms with Gasteiger partial charge in [-0.05, 0) is 49.6 Å². The number of piperazine rings is 1. The Morgan fingerprint density at radius 3 is 2.64 bits per heavy atom. The molecule has 0 radical (unpaired) electrons. The van der Waals surface area contributed by atoms with E-state index in [-0.39, 0.29) is 64.0 Å². The number of aryl methyl sites for hydroxylation is 1. The van der Waals surface area contributed by atoms with E-state index in [1.165, 1.54) is 24.3 Å². The van der Waals surface area contributed by atoms with Gasteiger partial charge in [-0.1, -0.05) is 38.1 Å². The van der Waals surface area contributed by atoms with Crippen molar-refractivity contribution in [1.29, 1.82) is 0 Å². The molecule has 2 unspecified atom stereocenters. The van der Waals surface area contributed by atoms with Crippen LogP contribution in [0.15, 0.2) is 47.9 Å². The molecular weight excluding hydrogens is 590 g/mol. The predicted octanol–water partition coefficient (Wildman–Crippen LogP) is 5.53. The minimum absolute atomic E-state index is 0.0608. The van der Waals surface area contributed by atoms with Crippen molar-refractivity contribution in [2.75, 3.05) is 29.9 Å². The van der Waals surface area contributed by atoms with Crippen molar-refractivity contribution in [3.63, 3.8) is 0 Å². The SMILES string of the molecule is C=CC(=O)N1CC(C)N2c3nc(=O)n(-c4c(C)ccnc4C(C)C)c4c(F)c(-c5c(O)cccc5Cl)c(F)c(c34)NCC2C1. The quantitative estimate of drug-likeness (QED) is 0.289. The molecule has 2 N–H and O–H groups in total. The number of carbonyl (C=O) groups excluding carboxylic acids is 1. The maximum absolute atomic E-state index is 17.2. The molecule has 1 amide bonds. The van der Waals surface area contributed by atoms with Crippen LogP contribution in [-0.2, 0) is 4.79 Å². The van der Waals surface area contributed by atoms with Gasteiger partial charge in [0.05, 0.1) is 39.1 Å². The molecule has 2 atom stereocenters. The van der Waals surface area contributed by atoms with Crippen LogP contribution in [-0.4, -0.2) is 62.2 Å². The van der Waals surface area contributed by atoms with Gasteiger partial charge in [0.2, 0.25) is 5.91 Å². The van der Waals surface area contributed by atoms with Crippen molar-refractivity contribution in [3.05, 3.63) is 81.5 Å². The molecule has 2 aromatic carbocycles. The highest BCUT2D eigenvalue weighted by atomic mass is 35.5. The third-order valence-corrected chi connectivity index (χ3v) is 8.70. The van der Waals surface area contributed by atoms with E-state index >= 15 is 8.78 Å². The third kappa shape index (κ3) is 4.40. The number of aromatic nitrogens is 3. The van der Waals surface area contributed by atoms with Gasteiger partial charge in [-0.2, -0.15) is 4.98 Å². The highest BCUT2D eigenvalue weighted by Gasteiger charge is 2.40. The van der Waals surface area contributed by atoms with E-state index in [1.807, 2.05) is 25.7 Å². The molecule has 0 bridgehead atoms.